The van der Waals surface area contributed by atoms with E-state index >= 15 is 0 Å². The minimum atomic E-state index is -0.597. The van der Waals surface area contributed by atoms with E-state index in [1.165, 1.54) is 12.3 Å². The first-order chi connectivity index (χ1) is 7.72. The van der Waals surface area contributed by atoms with Gasteiger partial charge in [0.25, 0.3) is 5.91 Å². The lowest BCUT2D eigenvalue weighted by atomic mass is 10.1. The van der Waals surface area contributed by atoms with Crippen molar-refractivity contribution in [2.45, 2.75) is 6.42 Å². The summed E-state index contributed by atoms with van der Waals surface area (Å²) in [5, 5.41) is 8.97. The summed E-state index contributed by atoms with van der Waals surface area (Å²) in [6.07, 6.45) is 3.21. The average molecular weight is 224 g/mol. The first-order valence-electron chi connectivity index (χ1n) is 5.22. The van der Waals surface area contributed by atoms with E-state index in [0.29, 0.717) is 13.1 Å². The Balaban J connectivity index is 2.12. The van der Waals surface area contributed by atoms with Crippen molar-refractivity contribution >= 4 is 5.91 Å². The number of hydrogen-bond acceptors (Lipinski definition) is 3. The SMILES string of the molecule is O=C(c1ccncc1F)N1CCC(CO)C1. The van der Waals surface area contributed by atoms with Gasteiger partial charge < -0.3 is 10.0 Å². The summed E-state index contributed by atoms with van der Waals surface area (Å²) in [5.74, 6) is -0.801. The molecule has 1 aliphatic heterocycles. The number of likely N-dealkylation sites (tertiary alicyclic amines) is 1. The molecule has 1 fully saturated rings. The zero-order valence-electron chi connectivity index (χ0n) is 8.77. The third-order valence-electron chi connectivity index (χ3n) is 2.83. The Labute approximate surface area is 92.7 Å². The van der Waals surface area contributed by atoms with Gasteiger partial charge in [0.2, 0.25) is 0 Å². The highest BCUT2D eigenvalue weighted by molar-refractivity contribution is 5.94. The number of nitrogens with zero attached hydrogens (tertiary/aromatic N) is 2. The average Bonchev–Trinajstić information content (AvgIpc) is 2.77. The van der Waals surface area contributed by atoms with Crippen LogP contribution in [0.5, 0.6) is 0 Å². The normalized spacial score (nSPS) is 20.1. The van der Waals surface area contributed by atoms with Crippen LogP contribution in [0.3, 0.4) is 0 Å². The Hall–Kier alpha value is -1.49. The predicted molar refractivity (Wildman–Crippen MR) is 55.3 cm³/mol. The quantitative estimate of drug-likeness (QED) is 0.803. The van der Waals surface area contributed by atoms with Crippen LogP contribution in [0.2, 0.25) is 0 Å². The minimum absolute atomic E-state index is 0.0496. The molecule has 86 valence electrons. The summed E-state index contributed by atoms with van der Waals surface area (Å²) in [6, 6.07) is 1.38. The van der Waals surface area contributed by atoms with Gasteiger partial charge in [-0.15, -0.1) is 0 Å². The number of carbonyl (C=O) groups excluding carboxylic acids is 1. The van der Waals surface area contributed by atoms with Crippen LogP contribution in [0.15, 0.2) is 18.5 Å². The minimum Gasteiger partial charge on any atom is -0.396 e. The van der Waals surface area contributed by atoms with Gasteiger partial charge in [-0.2, -0.15) is 0 Å². The number of aliphatic hydroxyl groups is 1. The molecule has 4 nitrogen and oxygen atoms in total. The van der Waals surface area contributed by atoms with Gasteiger partial charge in [-0.3, -0.25) is 9.78 Å². The van der Waals surface area contributed by atoms with Gasteiger partial charge in [-0.1, -0.05) is 0 Å². The van der Waals surface area contributed by atoms with Gasteiger partial charge in [0, 0.05) is 31.8 Å². The van der Waals surface area contributed by atoms with Gasteiger partial charge in [0.05, 0.1) is 11.8 Å². The zero-order chi connectivity index (χ0) is 11.5. The van der Waals surface area contributed by atoms with Gasteiger partial charge in [-0.25, -0.2) is 4.39 Å². The summed E-state index contributed by atoms with van der Waals surface area (Å²) >= 11 is 0. The maximum absolute atomic E-state index is 13.3. The van der Waals surface area contributed by atoms with Gasteiger partial charge in [0.15, 0.2) is 5.82 Å². The van der Waals surface area contributed by atoms with Crippen molar-refractivity contribution in [2.24, 2.45) is 5.92 Å². The monoisotopic (exact) mass is 224 g/mol. The number of hydrogen-bond donors (Lipinski definition) is 1. The number of aromatic nitrogens is 1. The molecule has 1 atom stereocenters. The van der Waals surface area contributed by atoms with E-state index in [4.69, 9.17) is 5.11 Å². The predicted octanol–water partition coefficient (Wildman–Crippen LogP) is 0.675. The lowest BCUT2D eigenvalue weighted by Crippen LogP contribution is -2.29. The van der Waals surface area contributed by atoms with Crippen molar-refractivity contribution in [1.29, 1.82) is 0 Å². The van der Waals surface area contributed by atoms with Crippen molar-refractivity contribution in [3.8, 4) is 0 Å². The molecule has 0 spiro atoms. The highest BCUT2D eigenvalue weighted by Gasteiger charge is 2.27. The van der Waals surface area contributed by atoms with Crippen molar-refractivity contribution in [3.63, 3.8) is 0 Å². The molecule has 16 heavy (non-hydrogen) atoms. The second-order valence-corrected chi connectivity index (χ2v) is 3.94. The Morgan fingerprint density at radius 1 is 1.69 bits per heavy atom. The molecule has 0 saturated carbocycles. The fraction of sp³-hybridized carbons (Fsp3) is 0.455. The molecule has 5 heteroatoms. The van der Waals surface area contributed by atoms with Crippen LogP contribution in [0.1, 0.15) is 16.8 Å². The maximum Gasteiger partial charge on any atom is 0.256 e. The first-order valence-corrected chi connectivity index (χ1v) is 5.22. The number of halogens is 1. The van der Waals surface area contributed by atoms with E-state index in [9.17, 15) is 9.18 Å². The standard InChI is InChI=1S/C11H13FN2O2/c12-10-5-13-3-1-9(10)11(16)14-4-2-8(6-14)7-15/h1,3,5,8,15H,2,4,6-7H2. The summed E-state index contributed by atoms with van der Waals surface area (Å²) < 4.78 is 13.3. The van der Waals surface area contributed by atoms with E-state index in [2.05, 4.69) is 4.98 Å². The van der Waals surface area contributed by atoms with E-state index in [1.54, 1.807) is 4.90 Å². The largest absolute Gasteiger partial charge is 0.396 e. The molecule has 1 saturated heterocycles. The molecule has 1 aliphatic rings. The summed E-state index contributed by atoms with van der Waals surface area (Å²) in [6.45, 7) is 1.14. The molecule has 0 bridgehead atoms. The summed E-state index contributed by atoms with van der Waals surface area (Å²) in [7, 11) is 0. The summed E-state index contributed by atoms with van der Waals surface area (Å²) in [5.41, 5.74) is 0.0496. The van der Waals surface area contributed by atoms with Crippen molar-refractivity contribution in [3.05, 3.63) is 29.8 Å². The summed E-state index contributed by atoms with van der Waals surface area (Å²) in [4.78, 5) is 17.1. The van der Waals surface area contributed by atoms with Crippen LogP contribution in [-0.4, -0.2) is 40.6 Å². The number of carbonyl (C=O) groups is 1. The highest BCUT2D eigenvalue weighted by Crippen LogP contribution is 2.18. The third-order valence-corrected chi connectivity index (χ3v) is 2.83. The molecule has 1 amide bonds. The number of pyridine rings is 1. The fourth-order valence-electron chi connectivity index (χ4n) is 1.89. The Bertz CT molecular complexity index is 397. The number of amides is 1. The molecule has 1 aromatic heterocycles. The second kappa shape index (κ2) is 4.57. The van der Waals surface area contributed by atoms with Crippen LogP contribution >= 0.6 is 0 Å². The topological polar surface area (TPSA) is 53.4 Å². The van der Waals surface area contributed by atoms with Crippen molar-refractivity contribution in [2.75, 3.05) is 19.7 Å². The Morgan fingerprint density at radius 3 is 3.12 bits per heavy atom. The molecular formula is C11H13FN2O2. The lowest BCUT2D eigenvalue weighted by molar-refractivity contribution is 0.0777. The van der Waals surface area contributed by atoms with Gasteiger partial charge in [-0.05, 0) is 12.5 Å². The van der Waals surface area contributed by atoms with E-state index < -0.39 is 5.82 Å². The maximum atomic E-state index is 13.3. The Morgan fingerprint density at radius 2 is 2.50 bits per heavy atom. The lowest BCUT2D eigenvalue weighted by Gasteiger charge is -2.16. The van der Waals surface area contributed by atoms with Gasteiger partial charge in [0.1, 0.15) is 0 Å². The molecule has 0 aliphatic carbocycles. The molecule has 0 radical (unpaired) electrons. The van der Waals surface area contributed by atoms with Crippen LogP contribution in [0.25, 0.3) is 0 Å². The Kier molecular flexibility index (Phi) is 3.14. The molecule has 1 aromatic rings. The van der Waals surface area contributed by atoms with Crippen LogP contribution in [0, 0.1) is 11.7 Å². The van der Waals surface area contributed by atoms with Gasteiger partial charge >= 0.3 is 0 Å². The fourth-order valence-corrected chi connectivity index (χ4v) is 1.89. The van der Waals surface area contributed by atoms with Crippen molar-refractivity contribution < 1.29 is 14.3 Å². The highest BCUT2D eigenvalue weighted by atomic mass is 19.1. The van der Waals surface area contributed by atoms with Crippen LogP contribution < -0.4 is 0 Å². The zero-order valence-corrected chi connectivity index (χ0v) is 8.77. The van der Waals surface area contributed by atoms with Crippen LogP contribution in [-0.2, 0) is 0 Å². The van der Waals surface area contributed by atoms with Crippen molar-refractivity contribution in [1.82, 2.24) is 9.88 Å². The van der Waals surface area contributed by atoms with E-state index in [0.717, 1.165) is 12.6 Å². The second-order valence-electron chi connectivity index (χ2n) is 3.94. The van der Waals surface area contributed by atoms with E-state index in [-0.39, 0.29) is 24.0 Å². The molecule has 1 N–H and O–H groups in total. The first kappa shape index (κ1) is 11.0. The third kappa shape index (κ3) is 2.04. The van der Waals surface area contributed by atoms with Crippen LogP contribution in [0.4, 0.5) is 4.39 Å². The smallest absolute Gasteiger partial charge is 0.256 e. The molecule has 1 unspecified atom stereocenters. The number of aliphatic hydroxyl groups excluding tert-OH is 1. The molecular weight excluding hydrogens is 211 g/mol. The molecule has 0 aromatic carbocycles. The van der Waals surface area contributed by atoms with E-state index in [1.807, 2.05) is 0 Å². The molecule has 2 rings (SSSR count). The molecule has 2 heterocycles. The number of rotatable bonds is 2.